The van der Waals surface area contributed by atoms with Crippen LogP contribution in [0.1, 0.15) is 30.6 Å². The molecule has 2 N–H and O–H groups in total. The SMILES string of the molecule is CCC(C)C(NC(=O)c1cc(Cl)ncc1Cl)C(=O)O. The second-order valence-electron chi connectivity index (χ2n) is 4.16. The Kier molecular flexibility index (Phi) is 5.57. The lowest BCUT2D eigenvalue weighted by atomic mass is 9.99. The highest BCUT2D eigenvalue weighted by atomic mass is 35.5. The fourth-order valence-corrected chi connectivity index (χ4v) is 1.84. The fourth-order valence-electron chi connectivity index (χ4n) is 1.49. The molecule has 1 aromatic heterocycles. The topological polar surface area (TPSA) is 79.3 Å². The summed E-state index contributed by atoms with van der Waals surface area (Å²) >= 11 is 11.5. The van der Waals surface area contributed by atoms with E-state index in [2.05, 4.69) is 10.3 Å². The van der Waals surface area contributed by atoms with Gasteiger partial charge in [-0.1, -0.05) is 43.5 Å². The summed E-state index contributed by atoms with van der Waals surface area (Å²) in [5.41, 5.74) is 0.108. The van der Waals surface area contributed by atoms with Crippen LogP contribution in [0.25, 0.3) is 0 Å². The van der Waals surface area contributed by atoms with E-state index < -0.39 is 17.9 Å². The van der Waals surface area contributed by atoms with Gasteiger partial charge in [-0.15, -0.1) is 0 Å². The lowest BCUT2D eigenvalue weighted by Crippen LogP contribution is -2.45. The van der Waals surface area contributed by atoms with Crippen molar-refractivity contribution in [3.05, 3.63) is 28.0 Å². The first-order valence-electron chi connectivity index (χ1n) is 5.71. The minimum absolute atomic E-state index is 0.108. The molecule has 0 aliphatic heterocycles. The van der Waals surface area contributed by atoms with Gasteiger partial charge >= 0.3 is 5.97 Å². The molecule has 0 aliphatic carbocycles. The van der Waals surface area contributed by atoms with E-state index in [4.69, 9.17) is 28.3 Å². The predicted octanol–water partition coefficient (Wildman–Crippen LogP) is 2.62. The van der Waals surface area contributed by atoms with Crippen LogP contribution in [-0.4, -0.2) is 28.0 Å². The molecule has 0 saturated heterocycles. The quantitative estimate of drug-likeness (QED) is 0.820. The molecule has 2 unspecified atom stereocenters. The normalized spacial score (nSPS) is 13.7. The number of carboxylic acid groups (broad SMARTS) is 1. The molecule has 0 spiro atoms. The largest absolute Gasteiger partial charge is 0.480 e. The number of nitrogens with one attached hydrogen (secondary N) is 1. The van der Waals surface area contributed by atoms with Gasteiger partial charge in [0, 0.05) is 6.20 Å². The molecule has 0 aliphatic rings. The average molecular weight is 305 g/mol. The molecule has 0 fully saturated rings. The molecule has 1 amide bonds. The lowest BCUT2D eigenvalue weighted by molar-refractivity contribution is -0.140. The van der Waals surface area contributed by atoms with Crippen LogP contribution in [-0.2, 0) is 4.79 Å². The van der Waals surface area contributed by atoms with Crippen LogP contribution in [0.4, 0.5) is 0 Å². The Hall–Kier alpha value is -1.33. The highest BCUT2D eigenvalue weighted by Gasteiger charge is 2.26. The number of hydrogen-bond acceptors (Lipinski definition) is 3. The average Bonchev–Trinajstić information content (AvgIpc) is 2.37. The molecule has 1 rings (SSSR count). The van der Waals surface area contributed by atoms with Crippen molar-refractivity contribution in [3.8, 4) is 0 Å². The number of carbonyl (C=O) groups is 2. The van der Waals surface area contributed by atoms with E-state index in [0.29, 0.717) is 6.42 Å². The van der Waals surface area contributed by atoms with Crippen molar-refractivity contribution in [2.24, 2.45) is 5.92 Å². The predicted molar refractivity (Wildman–Crippen MR) is 72.6 cm³/mol. The Morgan fingerprint density at radius 1 is 1.47 bits per heavy atom. The minimum Gasteiger partial charge on any atom is -0.480 e. The van der Waals surface area contributed by atoms with Crippen LogP contribution in [0.2, 0.25) is 10.2 Å². The van der Waals surface area contributed by atoms with E-state index in [0.717, 1.165) is 0 Å². The van der Waals surface area contributed by atoms with Gasteiger partial charge < -0.3 is 10.4 Å². The summed E-state index contributed by atoms with van der Waals surface area (Å²) in [6.45, 7) is 3.60. The van der Waals surface area contributed by atoms with Crippen LogP contribution in [0.5, 0.6) is 0 Å². The summed E-state index contributed by atoms with van der Waals surface area (Å²) in [5.74, 6) is -1.86. The Balaban J connectivity index is 2.94. The lowest BCUT2D eigenvalue weighted by Gasteiger charge is -2.20. The molecule has 0 aromatic carbocycles. The fraction of sp³-hybridized carbons (Fsp3) is 0.417. The second kappa shape index (κ2) is 6.73. The molecule has 19 heavy (non-hydrogen) atoms. The first-order chi connectivity index (χ1) is 8.86. The van der Waals surface area contributed by atoms with Gasteiger partial charge in [-0.3, -0.25) is 4.79 Å². The third kappa shape index (κ3) is 4.08. The number of aliphatic carboxylic acids is 1. The van der Waals surface area contributed by atoms with Gasteiger partial charge in [0.2, 0.25) is 0 Å². The van der Waals surface area contributed by atoms with Crippen molar-refractivity contribution in [2.45, 2.75) is 26.3 Å². The zero-order valence-corrected chi connectivity index (χ0v) is 12.0. The van der Waals surface area contributed by atoms with Crippen LogP contribution in [0, 0.1) is 5.92 Å². The van der Waals surface area contributed by atoms with Gasteiger partial charge in [0.25, 0.3) is 5.91 Å². The molecule has 2 atom stereocenters. The van der Waals surface area contributed by atoms with E-state index >= 15 is 0 Å². The first-order valence-corrected chi connectivity index (χ1v) is 6.47. The van der Waals surface area contributed by atoms with Gasteiger partial charge in [0.15, 0.2) is 0 Å². The summed E-state index contributed by atoms with van der Waals surface area (Å²) in [6.07, 6.45) is 1.87. The Bertz CT molecular complexity index is 494. The summed E-state index contributed by atoms with van der Waals surface area (Å²) in [4.78, 5) is 26.9. The number of nitrogens with zero attached hydrogens (tertiary/aromatic N) is 1. The molecular formula is C12H14Cl2N2O3. The molecule has 0 bridgehead atoms. The summed E-state index contributed by atoms with van der Waals surface area (Å²) in [7, 11) is 0. The first kappa shape index (κ1) is 15.7. The maximum atomic E-state index is 12.0. The maximum absolute atomic E-state index is 12.0. The van der Waals surface area contributed by atoms with Crippen molar-refractivity contribution >= 4 is 35.1 Å². The van der Waals surface area contributed by atoms with Crippen molar-refractivity contribution < 1.29 is 14.7 Å². The van der Waals surface area contributed by atoms with E-state index in [1.54, 1.807) is 6.92 Å². The van der Waals surface area contributed by atoms with Gasteiger partial charge in [-0.05, 0) is 12.0 Å². The van der Waals surface area contributed by atoms with E-state index in [-0.39, 0.29) is 21.7 Å². The number of carboxylic acids is 1. The number of rotatable bonds is 5. The number of carbonyl (C=O) groups excluding carboxylic acids is 1. The van der Waals surface area contributed by atoms with Crippen molar-refractivity contribution in [1.82, 2.24) is 10.3 Å². The number of pyridine rings is 1. The summed E-state index contributed by atoms with van der Waals surface area (Å²) < 4.78 is 0. The Morgan fingerprint density at radius 2 is 2.11 bits per heavy atom. The number of halogens is 2. The van der Waals surface area contributed by atoms with E-state index in [1.807, 2.05) is 6.92 Å². The third-order valence-corrected chi connectivity index (χ3v) is 3.34. The van der Waals surface area contributed by atoms with Crippen LogP contribution in [0.15, 0.2) is 12.3 Å². The molecule has 1 heterocycles. The van der Waals surface area contributed by atoms with Gasteiger partial charge in [0.1, 0.15) is 11.2 Å². The second-order valence-corrected chi connectivity index (χ2v) is 4.96. The minimum atomic E-state index is -1.08. The van der Waals surface area contributed by atoms with Crippen LogP contribution < -0.4 is 5.32 Å². The standard InChI is InChI=1S/C12H14Cl2N2O3/c1-3-6(2)10(12(18)19)16-11(17)7-4-9(14)15-5-8(7)13/h4-6,10H,3H2,1-2H3,(H,16,17)(H,18,19). The van der Waals surface area contributed by atoms with Gasteiger partial charge in [-0.2, -0.15) is 0 Å². The molecule has 5 nitrogen and oxygen atoms in total. The summed E-state index contributed by atoms with van der Waals surface area (Å²) in [5, 5.41) is 11.8. The molecule has 7 heteroatoms. The smallest absolute Gasteiger partial charge is 0.326 e. The number of amides is 1. The molecular weight excluding hydrogens is 291 g/mol. The molecule has 1 aromatic rings. The third-order valence-electron chi connectivity index (χ3n) is 2.83. The van der Waals surface area contributed by atoms with Crippen molar-refractivity contribution in [2.75, 3.05) is 0 Å². The van der Waals surface area contributed by atoms with Gasteiger partial charge in [0.05, 0.1) is 10.6 Å². The molecule has 0 saturated carbocycles. The maximum Gasteiger partial charge on any atom is 0.326 e. The Morgan fingerprint density at radius 3 is 2.63 bits per heavy atom. The van der Waals surface area contributed by atoms with Crippen LogP contribution in [0.3, 0.4) is 0 Å². The van der Waals surface area contributed by atoms with E-state index in [9.17, 15) is 9.59 Å². The monoisotopic (exact) mass is 304 g/mol. The zero-order valence-electron chi connectivity index (χ0n) is 10.5. The zero-order chi connectivity index (χ0) is 14.6. The highest BCUT2D eigenvalue weighted by molar-refractivity contribution is 6.35. The summed E-state index contributed by atoms with van der Waals surface area (Å²) in [6, 6.07) is 0.329. The van der Waals surface area contributed by atoms with E-state index in [1.165, 1.54) is 12.3 Å². The van der Waals surface area contributed by atoms with Gasteiger partial charge in [-0.25, -0.2) is 9.78 Å². The molecule has 0 radical (unpaired) electrons. The highest BCUT2D eigenvalue weighted by Crippen LogP contribution is 2.19. The van der Waals surface area contributed by atoms with Crippen molar-refractivity contribution in [3.63, 3.8) is 0 Å². The number of hydrogen-bond donors (Lipinski definition) is 2. The number of aromatic nitrogens is 1. The molecule has 104 valence electrons. The van der Waals surface area contributed by atoms with Crippen LogP contribution >= 0.6 is 23.2 Å². The van der Waals surface area contributed by atoms with Crippen molar-refractivity contribution in [1.29, 1.82) is 0 Å². The Labute approximate surface area is 120 Å².